The fraction of sp³-hybridized carbons (Fsp3) is 0.400. The van der Waals surface area contributed by atoms with Gasteiger partial charge in [-0.15, -0.1) is 0 Å². The number of hydrogen-bond donors (Lipinski definition) is 1. The number of hydrogen-bond acceptors (Lipinski definition) is 7. The normalized spacial score (nSPS) is 12.1. The van der Waals surface area contributed by atoms with Crippen LogP contribution in [0, 0.1) is 0 Å². The molecule has 1 aromatic heterocycles. The second kappa shape index (κ2) is 8.54. The summed E-state index contributed by atoms with van der Waals surface area (Å²) in [5, 5.41) is 3.04. The van der Waals surface area contributed by atoms with Crippen molar-refractivity contribution in [3.8, 4) is 0 Å². The van der Waals surface area contributed by atoms with Crippen molar-refractivity contribution in [1.82, 2.24) is 10.3 Å². The summed E-state index contributed by atoms with van der Waals surface area (Å²) in [7, 11) is 1.55. The van der Waals surface area contributed by atoms with E-state index >= 15 is 0 Å². The Hall–Kier alpha value is -2.06. The first-order valence-electron chi connectivity index (χ1n) is 7.00. The van der Waals surface area contributed by atoms with Crippen LogP contribution < -0.4 is 5.32 Å². The van der Waals surface area contributed by atoms with Gasteiger partial charge in [0.05, 0.1) is 6.61 Å². The maximum atomic E-state index is 11.6. The number of nitrogens with zero attached hydrogens (tertiary/aromatic N) is 1. The van der Waals surface area contributed by atoms with Gasteiger partial charge in [0.2, 0.25) is 0 Å². The van der Waals surface area contributed by atoms with Crippen molar-refractivity contribution in [3.05, 3.63) is 24.3 Å². The van der Waals surface area contributed by atoms with E-state index in [4.69, 9.17) is 13.9 Å². The minimum Gasteiger partial charge on any atom is -0.455 e. The largest absolute Gasteiger partial charge is 0.455 e. The third kappa shape index (κ3) is 5.57. The number of fused-ring (bicyclic) bond motifs is 1. The highest BCUT2D eigenvalue weighted by Gasteiger charge is 2.13. The van der Waals surface area contributed by atoms with Crippen LogP contribution in [0.4, 0.5) is 0 Å². The number of amides is 1. The molecule has 0 saturated carbocycles. The highest BCUT2D eigenvalue weighted by Crippen LogP contribution is 2.22. The average molecular weight is 338 g/mol. The van der Waals surface area contributed by atoms with Gasteiger partial charge < -0.3 is 19.2 Å². The molecule has 0 saturated heterocycles. The summed E-state index contributed by atoms with van der Waals surface area (Å²) >= 11 is 1.12. The lowest BCUT2D eigenvalue weighted by atomic mass is 10.3. The summed E-state index contributed by atoms with van der Waals surface area (Å²) in [6.07, 6.45) is 0. The van der Waals surface area contributed by atoms with Crippen LogP contribution in [0.25, 0.3) is 11.1 Å². The summed E-state index contributed by atoms with van der Waals surface area (Å²) in [4.78, 5) is 27.4. The van der Waals surface area contributed by atoms with Crippen LogP contribution in [0.15, 0.2) is 33.9 Å². The first-order valence-corrected chi connectivity index (χ1v) is 7.99. The van der Waals surface area contributed by atoms with Gasteiger partial charge in [0.15, 0.2) is 12.2 Å². The standard InChI is InChI=1S/C15H18N2O5S/c1-10(7-20-2)16-13(18)8-21-14(19)9-23-15-17-11-5-3-4-6-12(11)22-15/h3-6,10H,7-9H2,1-2H3,(H,16,18)/t10-/m1/s1. The molecule has 0 aliphatic rings. The molecule has 1 heterocycles. The Morgan fingerprint density at radius 1 is 1.39 bits per heavy atom. The van der Waals surface area contributed by atoms with Crippen molar-refractivity contribution in [2.24, 2.45) is 0 Å². The number of para-hydroxylation sites is 2. The molecule has 23 heavy (non-hydrogen) atoms. The Balaban J connectivity index is 1.71. The average Bonchev–Trinajstić information content (AvgIpc) is 2.94. The van der Waals surface area contributed by atoms with E-state index in [9.17, 15) is 9.59 Å². The lowest BCUT2D eigenvalue weighted by molar-refractivity contribution is -0.146. The van der Waals surface area contributed by atoms with Crippen molar-refractivity contribution in [1.29, 1.82) is 0 Å². The van der Waals surface area contributed by atoms with Gasteiger partial charge in [-0.1, -0.05) is 23.9 Å². The van der Waals surface area contributed by atoms with Gasteiger partial charge in [0.25, 0.3) is 11.1 Å². The molecule has 0 bridgehead atoms. The fourth-order valence-corrected chi connectivity index (χ4v) is 2.47. The zero-order chi connectivity index (χ0) is 16.7. The summed E-state index contributed by atoms with van der Waals surface area (Å²) in [6, 6.07) is 7.19. The molecule has 0 aliphatic carbocycles. The molecule has 8 heteroatoms. The lowest BCUT2D eigenvalue weighted by Crippen LogP contribution is -2.38. The minimum absolute atomic E-state index is 0.0216. The SMILES string of the molecule is COC[C@@H](C)NC(=O)COC(=O)CSc1nc2ccccc2o1. The molecule has 2 aromatic rings. The molecule has 1 amide bonds. The number of methoxy groups -OCH3 is 1. The molecule has 2 rings (SSSR count). The second-order valence-corrected chi connectivity index (χ2v) is 5.75. The lowest BCUT2D eigenvalue weighted by Gasteiger charge is -2.12. The van der Waals surface area contributed by atoms with Crippen LogP contribution in [0.1, 0.15) is 6.92 Å². The number of rotatable bonds is 8. The molecular weight excluding hydrogens is 320 g/mol. The number of nitrogens with one attached hydrogen (secondary N) is 1. The number of carbonyl (C=O) groups is 2. The van der Waals surface area contributed by atoms with E-state index in [2.05, 4.69) is 10.3 Å². The molecular formula is C15H18N2O5S. The third-order valence-corrected chi connectivity index (χ3v) is 3.58. The first kappa shape index (κ1) is 17.3. The summed E-state index contributed by atoms with van der Waals surface area (Å²) < 4.78 is 15.3. The summed E-state index contributed by atoms with van der Waals surface area (Å²) in [5.41, 5.74) is 1.39. The number of benzene rings is 1. The van der Waals surface area contributed by atoms with Crippen LogP contribution in [0.3, 0.4) is 0 Å². The van der Waals surface area contributed by atoms with E-state index in [1.54, 1.807) is 20.1 Å². The first-order chi connectivity index (χ1) is 11.1. The zero-order valence-corrected chi connectivity index (χ0v) is 13.7. The molecule has 124 valence electrons. The van der Waals surface area contributed by atoms with Crippen molar-refractivity contribution in [2.75, 3.05) is 26.1 Å². The fourth-order valence-electron chi connectivity index (χ4n) is 1.83. The van der Waals surface area contributed by atoms with E-state index in [1.165, 1.54) is 0 Å². The van der Waals surface area contributed by atoms with Crippen LogP contribution in [0.2, 0.25) is 0 Å². The maximum absolute atomic E-state index is 11.6. The quantitative estimate of drug-likeness (QED) is 0.577. The topological polar surface area (TPSA) is 90.7 Å². The van der Waals surface area contributed by atoms with Crippen molar-refractivity contribution >= 4 is 34.7 Å². The summed E-state index contributed by atoms with van der Waals surface area (Å²) in [5.74, 6) is -0.852. The molecule has 1 N–H and O–H groups in total. The van der Waals surface area contributed by atoms with E-state index in [0.717, 1.165) is 17.3 Å². The van der Waals surface area contributed by atoms with Gasteiger partial charge in [0, 0.05) is 13.2 Å². The number of thioether (sulfide) groups is 1. The Labute approximate surface area is 137 Å². The molecule has 7 nitrogen and oxygen atoms in total. The third-order valence-electron chi connectivity index (χ3n) is 2.78. The van der Waals surface area contributed by atoms with E-state index in [1.807, 2.05) is 18.2 Å². The van der Waals surface area contributed by atoms with Crippen molar-refractivity contribution in [3.63, 3.8) is 0 Å². The van der Waals surface area contributed by atoms with Crippen LogP contribution in [-0.2, 0) is 19.1 Å². The van der Waals surface area contributed by atoms with Crippen LogP contribution >= 0.6 is 11.8 Å². The van der Waals surface area contributed by atoms with Gasteiger partial charge in [0.1, 0.15) is 11.3 Å². The van der Waals surface area contributed by atoms with Crippen LogP contribution in [-0.4, -0.2) is 49.0 Å². The van der Waals surface area contributed by atoms with E-state index in [0.29, 0.717) is 17.4 Å². The number of ether oxygens (including phenoxy) is 2. The smallest absolute Gasteiger partial charge is 0.316 e. The highest BCUT2D eigenvalue weighted by molar-refractivity contribution is 7.99. The number of carbonyl (C=O) groups excluding carboxylic acids is 2. The van der Waals surface area contributed by atoms with Gasteiger partial charge in [-0.25, -0.2) is 4.98 Å². The minimum atomic E-state index is -0.508. The summed E-state index contributed by atoms with van der Waals surface area (Å²) in [6.45, 7) is 1.88. The van der Waals surface area contributed by atoms with Gasteiger partial charge >= 0.3 is 5.97 Å². The zero-order valence-electron chi connectivity index (χ0n) is 12.9. The second-order valence-electron chi connectivity index (χ2n) is 4.82. The monoisotopic (exact) mass is 338 g/mol. The molecule has 1 aromatic carbocycles. The van der Waals surface area contributed by atoms with Gasteiger partial charge in [-0.05, 0) is 19.1 Å². The Bertz CT molecular complexity index is 640. The molecule has 0 spiro atoms. The molecule has 0 unspecified atom stereocenters. The molecule has 0 fully saturated rings. The molecule has 0 aliphatic heterocycles. The highest BCUT2D eigenvalue weighted by atomic mass is 32.2. The van der Waals surface area contributed by atoms with Crippen molar-refractivity contribution < 1.29 is 23.5 Å². The van der Waals surface area contributed by atoms with E-state index < -0.39 is 5.97 Å². The Morgan fingerprint density at radius 2 is 2.17 bits per heavy atom. The predicted molar refractivity (Wildman–Crippen MR) is 85.2 cm³/mol. The maximum Gasteiger partial charge on any atom is 0.316 e. The predicted octanol–water partition coefficient (Wildman–Crippen LogP) is 1.61. The van der Waals surface area contributed by atoms with Crippen LogP contribution in [0.5, 0.6) is 0 Å². The molecule has 0 radical (unpaired) electrons. The molecule has 1 atom stereocenters. The Kier molecular flexibility index (Phi) is 6.42. The van der Waals surface area contributed by atoms with Crippen molar-refractivity contribution in [2.45, 2.75) is 18.2 Å². The number of aromatic nitrogens is 1. The van der Waals surface area contributed by atoms with Gasteiger partial charge in [-0.2, -0.15) is 0 Å². The Morgan fingerprint density at radius 3 is 2.91 bits per heavy atom. The van der Waals surface area contributed by atoms with E-state index in [-0.39, 0.29) is 24.3 Å². The van der Waals surface area contributed by atoms with Gasteiger partial charge in [-0.3, -0.25) is 9.59 Å². The number of esters is 1. The number of oxazole rings is 1.